The number of carbonyl (C=O) groups is 3. The van der Waals surface area contributed by atoms with E-state index in [9.17, 15) is 14.4 Å². The van der Waals surface area contributed by atoms with E-state index in [2.05, 4.69) is 0 Å². The first kappa shape index (κ1) is 20.5. The molecule has 0 aliphatic carbocycles. The van der Waals surface area contributed by atoms with Gasteiger partial charge in [0.15, 0.2) is 5.78 Å². The summed E-state index contributed by atoms with van der Waals surface area (Å²) in [7, 11) is 1.44. The number of aryl methyl sites for hydroxylation is 1. The summed E-state index contributed by atoms with van der Waals surface area (Å²) in [6, 6.07) is 10.0. The molecule has 0 aromatic heterocycles. The third-order valence-electron chi connectivity index (χ3n) is 4.08. The molecule has 0 bridgehead atoms. The molecule has 0 spiro atoms. The van der Waals surface area contributed by atoms with Crippen molar-refractivity contribution in [3.63, 3.8) is 0 Å². The molecule has 1 aliphatic heterocycles. The number of hydrogen-bond donors (Lipinski definition) is 0. The lowest BCUT2D eigenvalue weighted by Crippen LogP contribution is -2.33. The summed E-state index contributed by atoms with van der Waals surface area (Å²) >= 11 is 12.9. The van der Waals surface area contributed by atoms with Crippen LogP contribution in [-0.2, 0) is 4.79 Å². The van der Waals surface area contributed by atoms with Gasteiger partial charge in [-0.3, -0.25) is 19.3 Å². The summed E-state index contributed by atoms with van der Waals surface area (Å²) in [5, 5.41) is 0.143. The second-order valence-electron chi connectivity index (χ2n) is 6.07. The highest BCUT2D eigenvalue weighted by atomic mass is 35.5. The van der Waals surface area contributed by atoms with Crippen LogP contribution in [0.1, 0.15) is 21.5 Å². The van der Waals surface area contributed by atoms with Crippen LogP contribution in [0.2, 0.25) is 10.0 Å². The third kappa shape index (κ3) is 4.24. The fourth-order valence-corrected chi connectivity index (χ4v) is 4.07. The Labute approximate surface area is 176 Å². The monoisotopic (exact) mass is 435 g/mol. The van der Waals surface area contributed by atoms with Crippen molar-refractivity contribution in [2.24, 2.45) is 0 Å². The van der Waals surface area contributed by atoms with Crippen LogP contribution in [0.5, 0.6) is 5.75 Å². The number of benzene rings is 2. The molecular formula is C20H15Cl2NO4S. The van der Waals surface area contributed by atoms with Gasteiger partial charge in [0.05, 0.1) is 23.6 Å². The van der Waals surface area contributed by atoms with Gasteiger partial charge in [0, 0.05) is 16.1 Å². The van der Waals surface area contributed by atoms with Crippen LogP contribution in [0, 0.1) is 6.92 Å². The second-order valence-corrected chi connectivity index (χ2v) is 7.90. The minimum atomic E-state index is -0.548. The largest absolute Gasteiger partial charge is 0.495 e. The zero-order valence-corrected chi connectivity index (χ0v) is 17.3. The van der Waals surface area contributed by atoms with Gasteiger partial charge in [-0.1, -0.05) is 53.0 Å². The van der Waals surface area contributed by atoms with E-state index in [1.165, 1.54) is 19.3 Å². The van der Waals surface area contributed by atoms with Crippen LogP contribution >= 0.6 is 35.0 Å². The van der Waals surface area contributed by atoms with Crippen molar-refractivity contribution in [2.45, 2.75) is 6.92 Å². The average Bonchev–Trinajstić information content (AvgIpc) is 2.89. The Morgan fingerprint density at radius 3 is 2.50 bits per heavy atom. The smallest absolute Gasteiger partial charge is 0.293 e. The minimum Gasteiger partial charge on any atom is -0.495 e. The Kier molecular flexibility index (Phi) is 6.13. The van der Waals surface area contributed by atoms with Crippen molar-refractivity contribution in [3.05, 3.63) is 68.0 Å². The molecule has 0 radical (unpaired) electrons. The maximum Gasteiger partial charge on any atom is 0.293 e. The summed E-state index contributed by atoms with van der Waals surface area (Å²) in [4.78, 5) is 38.5. The molecular weight excluding hydrogens is 421 g/mol. The first-order valence-corrected chi connectivity index (χ1v) is 9.75. The molecule has 2 aromatic rings. The fourth-order valence-electron chi connectivity index (χ4n) is 2.65. The predicted molar refractivity (Wildman–Crippen MR) is 111 cm³/mol. The van der Waals surface area contributed by atoms with E-state index in [0.29, 0.717) is 21.9 Å². The summed E-state index contributed by atoms with van der Waals surface area (Å²) in [5.74, 6) is -0.519. The molecule has 0 N–H and O–H groups in total. The van der Waals surface area contributed by atoms with Crippen molar-refractivity contribution in [2.75, 3.05) is 13.7 Å². The number of amides is 2. The molecule has 0 unspecified atom stereocenters. The predicted octanol–water partition coefficient (Wildman–Crippen LogP) is 5.23. The maximum atomic E-state index is 12.7. The Bertz CT molecular complexity index is 1000. The first-order valence-electron chi connectivity index (χ1n) is 8.18. The molecule has 1 fully saturated rings. The van der Waals surface area contributed by atoms with Crippen molar-refractivity contribution in [3.8, 4) is 5.75 Å². The van der Waals surface area contributed by atoms with E-state index in [1.807, 2.05) is 6.92 Å². The molecule has 8 heteroatoms. The highest BCUT2D eigenvalue weighted by Crippen LogP contribution is 2.37. The van der Waals surface area contributed by atoms with E-state index in [1.54, 1.807) is 30.3 Å². The molecule has 5 nitrogen and oxygen atoms in total. The normalized spacial score (nSPS) is 15.4. The van der Waals surface area contributed by atoms with Crippen LogP contribution in [0.3, 0.4) is 0 Å². The van der Waals surface area contributed by atoms with E-state index in [0.717, 1.165) is 22.2 Å². The van der Waals surface area contributed by atoms with Crippen molar-refractivity contribution in [1.29, 1.82) is 0 Å². The van der Waals surface area contributed by atoms with Crippen LogP contribution in [0.15, 0.2) is 41.3 Å². The number of ether oxygens (including phenoxy) is 1. The highest BCUT2D eigenvalue weighted by Gasteiger charge is 2.36. The Morgan fingerprint density at radius 1 is 1.18 bits per heavy atom. The molecule has 1 saturated heterocycles. The van der Waals surface area contributed by atoms with Crippen molar-refractivity contribution >= 4 is 58.0 Å². The SMILES string of the molecule is COc1c(Cl)cc(Cl)cc1/C=C1\SC(=O)N(CC(=O)c2ccc(C)cc2)C1=O. The number of methoxy groups -OCH3 is 1. The highest BCUT2D eigenvalue weighted by molar-refractivity contribution is 8.18. The van der Waals surface area contributed by atoms with Crippen LogP contribution in [-0.4, -0.2) is 35.5 Å². The number of thioether (sulfide) groups is 1. The lowest BCUT2D eigenvalue weighted by atomic mass is 10.1. The standard InChI is InChI=1S/C20H15Cl2NO4S/c1-11-3-5-12(6-4-11)16(24)10-23-19(25)17(28-20(23)26)8-13-7-14(21)9-15(22)18(13)27-2/h3-9H,10H2,1-2H3/b17-8-. The van der Waals surface area contributed by atoms with Gasteiger partial charge in [-0.2, -0.15) is 0 Å². The lowest BCUT2D eigenvalue weighted by Gasteiger charge is -2.11. The van der Waals surface area contributed by atoms with E-state index < -0.39 is 11.1 Å². The molecule has 0 saturated carbocycles. The number of imide groups is 1. The molecule has 3 rings (SSSR count). The van der Waals surface area contributed by atoms with Crippen LogP contribution < -0.4 is 4.74 Å². The molecule has 1 heterocycles. The Balaban J connectivity index is 1.85. The van der Waals surface area contributed by atoms with Crippen LogP contribution in [0.25, 0.3) is 6.08 Å². The number of nitrogens with zero attached hydrogens (tertiary/aromatic N) is 1. The second kappa shape index (κ2) is 8.39. The number of ketones is 1. The number of hydrogen-bond acceptors (Lipinski definition) is 5. The number of rotatable bonds is 5. The lowest BCUT2D eigenvalue weighted by molar-refractivity contribution is -0.122. The quantitative estimate of drug-likeness (QED) is 0.475. The fraction of sp³-hybridized carbons (Fsp3) is 0.150. The van der Waals surface area contributed by atoms with Gasteiger partial charge in [0.2, 0.25) is 0 Å². The number of Topliss-reactive ketones (excluding diaryl/α,β-unsaturated/α-hetero) is 1. The van der Waals surface area contributed by atoms with Gasteiger partial charge in [-0.25, -0.2) is 0 Å². The van der Waals surface area contributed by atoms with Crippen LogP contribution in [0.4, 0.5) is 4.79 Å². The average molecular weight is 436 g/mol. The van der Waals surface area contributed by atoms with E-state index in [4.69, 9.17) is 27.9 Å². The van der Waals surface area contributed by atoms with Crippen molar-refractivity contribution < 1.29 is 19.1 Å². The molecule has 144 valence electrons. The van der Waals surface area contributed by atoms with Gasteiger partial charge in [0.25, 0.3) is 11.1 Å². The zero-order valence-electron chi connectivity index (χ0n) is 15.0. The van der Waals surface area contributed by atoms with Gasteiger partial charge < -0.3 is 4.74 Å². The summed E-state index contributed by atoms with van der Waals surface area (Å²) in [5.41, 5.74) is 1.92. The zero-order chi connectivity index (χ0) is 20.4. The molecule has 2 aromatic carbocycles. The number of carbonyl (C=O) groups excluding carboxylic acids is 3. The van der Waals surface area contributed by atoms with E-state index >= 15 is 0 Å². The van der Waals surface area contributed by atoms with Gasteiger partial charge >= 0.3 is 0 Å². The molecule has 2 amide bonds. The summed E-state index contributed by atoms with van der Waals surface area (Å²) in [6.07, 6.45) is 1.48. The van der Waals surface area contributed by atoms with Gasteiger partial charge in [0.1, 0.15) is 5.75 Å². The first-order chi connectivity index (χ1) is 13.3. The van der Waals surface area contributed by atoms with Gasteiger partial charge in [-0.15, -0.1) is 0 Å². The molecule has 0 atom stereocenters. The van der Waals surface area contributed by atoms with Gasteiger partial charge in [-0.05, 0) is 36.9 Å². The summed E-state index contributed by atoms with van der Waals surface area (Å²) < 4.78 is 5.25. The minimum absolute atomic E-state index is 0.165. The molecule has 1 aliphatic rings. The van der Waals surface area contributed by atoms with E-state index in [-0.39, 0.29) is 22.3 Å². The number of halogens is 2. The maximum absolute atomic E-state index is 12.7. The van der Waals surface area contributed by atoms with Crippen molar-refractivity contribution in [1.82, 2.24) is 4.90 Å². The molecule has 28 heavy (non-hydrogen) atoms. The summed E-state index contributed by atoms with van der Waals surface area (Å²) in [6.45, 7) is 1.59. The topological polar surface area (TPSA) is 63.7 Å². The Morgan fingerprint density at radius 2 is 1.86 bits per heavy atom. The third-order valence-corrected chi connectivity index (χ3v) is 5.48. The Hall–Kier alpha value is -2.28.